The molecule has 3 aromatic rings. The molecule has 0 saturated carbocycles. The molecule has 1 unspecified atom stereocenters. The number of benzene rings is 2. The summed E-state index contributed by atoms with van der Waals surface area (Å²) in [6, 6.07) is 16.6. The first-order valence-corrected chi connectivity index (χ1v) is 8.93. The fraction of sp³-hybridized carbons (Fsp3) is 0.250. The number of nitrogens with one attached hydrogen (secondary N) is 2. The van der Waals surface area contributed by atoms with E-state index in [4.69, 9.17) is 4.52 Å². The third-order valence-electron chi connectivity index (χ3n) is 4.69. The lowest BCUT2D eigenvalue weighted by molar-refractivity contribution is 0.102. The van der Waals surface area contributed by atoms with Gasteiger partial charge in [-0.15, -0.1) is 0 Å². The third-order valence-corrected chi connectivity index (χ3v) is 4.69. The fourth-order valence-electron chi connectivity index (χ4n) is 3.14. The van der Waals surface area contributed by atoms with Gasteiger partial charge in [-0.1, -0.05) is 35.5 Å². The van der Waals surface area contributed by atoms with E-state index in [0.29, 0.717) is 28.5 Å². The molecule has 4 rings (SSSR count). The van der Waals surface area contributed by atoms with Crippen LogP contribution in [-0.2, 0) is 0 Å². The highest BCUT2D eigenvalue weighted by Gasteiger charge is 2.26. The number of aromatic nitrogens is 2. The van der Waals surface area contributed by atoms with Gasteiger partial charge >= 0.3 is 0 Å². The molecule has 138 valence electrons. The van der Waals surface area contributed by atoms with Gasteiger partial charge in [-0.3, -0.25) is 9.69 Å². The van der Waals surface area contributed by atoms with Gasteiger partial charge in [-0.25, -0.2) is 0 Å². The van der Waals surface area contributed by atoms with Gasteiger partial charge in [0.05, 0.1) is 17.3 Å². The molecule has 0 bridgehead atoms. The number of amides is 1. The lowest BCUT2D eigenvalue weighted by Gasteiger charge is -2.30. The van der Waals surface area contributed by atoms with E-state index in [1.165, 1.54) is 0 Å². The Bertz CT molecular complexity index is 925. The van der Waals surface area contributed by atoms with Gasteiger partial charge in [-0.05, 0) is 31.3 Å². The van der Waals surface area contributed by atoms with E-state index in [1.807, 2.05) is 42.5 Å². The zero-order chi connectivity index (χ0) is 18.6. The van der Waals surface area contributed by atoms with E-state index in [9.17, 15) is 4.79 Å². The lowest BCUT2D eigenvalue weighted by Crippen LogP contribution is -2.44. The highest BCUT2D eigenvalue weighted by molar-refractivity contribution is 6.05. The summed E-state index contributed by atoms with van der Waals surface area (Å²) in [6.45, 7) is 2.66. The molecule has 1 fully saturated rings. The van der Waals surface area contributed by atoms with Crippen LogP contribution in [0.4, 0.5) is 5.69 Å². The molecule has 1 saturated heterocycles. The zero-order valence-corrected chi connectivity index (χ0v) is 15.1. The van der Waals surface area contributed by atoms with Gasteiger partial charge in [0.1, 0.15) is 0 Å². The van der Waals surface area contributed by atoms with Gasteiger partial charge in [-0.2, -0.15) is 4.98 Å². The van der Waals surface area contributed by atoms with Crippen LogP contribution in [0, 0.1) is 0 Å². The molecule has 27 heavy (non-hydrogen) atoms. The second-order valence-electron chi connectivity index (χ2n) is 6.52. The molecule has 1 aliphatic heterocycles. The number of hydrogen-bond donors (Lipinski definition) is 2. The quantitative estimate of drug-likeness (QED) is 0.741. The fourth-order valence-corrected chi connectivity index (χ4v) is 3.14. The highest BCUT2D eigenvalue weighted by Crippen LogP contribution is 2.28. The molecule has 2 N–H and O–H groups in total. The Kier molecular flexibility index (Phi) is 4.95. The Labute approximate surface area is 157 Å². The Morgan fingerprint density at radius 2 is 1.96 bits per heavy atom. The summed E-state index contributed by atoms with van der Waals surface area (Å²) in [6.07, 6.45) is 0. The highest BCUT2D eigenvalue weighted by atomic mass is 16.5. The molecule has 1 aliphatic rings. The number of piperazine rings is 1. The monoisotopic (exact) mass is 363 g/mol. The zero-order valence-electron chi connectivity index (χ0n) is 15.1. The molecule has 7 heteroatoms. The summed E-state index contributed by atoms with van der Waals surface area (Å²) < 4.78 is 5.51. The summed E-state index contributed by atoms with van der Waals surface area (Å²) in [4.78, 5) is 19.3. The van der Waals surface area contributed by atoms with Crippen molar-refractivity contribution in [2.24, 2.45) is 0 Å². The Morgan fingerprint density at radius 1 is 1.19 bits per heavy atom. The third kappa shape index (κ3) is 3.74. The van der Waals surface area contributed by atoms with Crippen molar-refractivity contribution < 1.29 is 9.32 Å². The summed E-state index contributed by atoms with van der Waals surface area (Å²) in [7, 11) is 2.05. The molecule has 1 aromatic heterocycles. The largest absolute Gasteiger partial charge is 0.334 e. The van der Waals surface area contributed by atoms with Crippen molar-refractivity contribution in [1.82, 2.24) is 20.4 Å². The molecule has 2 aromatic carbocycles. The number of carbonyl (C=O) groups excluding carboxylic acids is 1. The van der Waals surface area contributed by atoms with Crippen LogP contribution in [0.5, 0.6) is 0 Å². The van der Waals surface area contributed by atoms with Crippen molar-refractivity contribution in [2.75, 3.05) is 32.0 Å². The molecular weight excluding hydrogens is 342 g/mol. The minimum atomic E-state index is -0.181. The van der Waals surface area contributed by atoms with Crippen LogP contribution in [0.1, 0.15) is 22.2 Å². The van der Waals surface area contributed by atoms with Gasteiger partial charge in [0, 0.05) is 25.2 Å². The molecule has 0 radical (unpaired) electrons. The topological polar surface area (TPSA) is 83.3 Å². The number of nitrogens with zero attached hydrogens (tertiary/aromatic N) is 3. The second-order valence-corrected chi connectivity index (χ2v) is 6.52. The van der Waals surface area contributed by atoms with Crippen molar-refractivity contribution in [1.29, 1.82) is 0 Å². The summed E-state index contributed by atoms with van der Waals surface area (Å²) in [5.74, 6) is 0.857. The molecule has 1 atom stereocenters. The average molecular weight is 363 g/mol. The number of rotatable bonds is 4. The maximum atomic E-state index is 12.5. The number of carbonyl (C=O) groups is 1. The number of likely N-dealkylation sites (N-methyl/N-ethyl adjacent to an activating group) is 1. The first kappa shape index (κ1) is 17.4. The number of para-hydroxylation sites is 1. The Morgan fingerprint density at radius 3 is 2.78 bits per heavy atom. The first-order chi connectivity index (χ1) is 13.2. The van der Waals surface area contributed by atoms with E-state index in [0.717, 1.165) is 19.6 Å². The summed E-state index contributed by atoms with van der Waals surface area (Å²) in [5.41, 5.74) is 1.93. The summed E-state index contributed by atoms with van der Waals surface area (Å²) >= 11 is 0. The molecule has 7 nitrogen and oxygen atoms in total. The van der Waals surface area contributed by atoms with Crippen LogP contribution < -0.4 is 10.6 Å². The molecule has 0 aliphatic carbocycles. The molecular formula is C20H21N5O2. The SMILES string of the molecule is CN1CCNCC1c1noc(-c2ccccc2NC(=O)c2ccccc2)n1. The number of anilines is 1. The van der Waals surface area contributed by atoms with Gasteiger partial charge in [0.15, 0.2) is 5.82 Å². The van der Waals surface area contributed by atoms with Crippen molar-refractivity contribution in [3.8, 4) is 11.5 Å². The lowest BCUT2D eigenvalue weighted by atomic mass is 10.1. The van der Waals surface area contributed by atoms with Crippen LogP contribution >= 0.6 is 0 Å². The average Bonchev–Trinajstić information content (AvgIpc) is 3.19. The Hall–Kier alpha value is -3.03. The van der Waals surface area contributed by atoms with Gasteiger partial charge < -0.3 is 15.2 Å². The minimum absolute atomic E-state index is 0.0716. The summed E-state index contributed by atoms with van der Waals surface area (Å²) in [5, 5.41) is 10.4. The first-order valence-electron chi connectivity index (χ1n) is 8.93. The number of hydrogen-bond acceptors (Lipinski definition) is 6. The molecule has 0 spiro atoms. The van der Waals surface area contributed by atoms with Crippen molar-refractivity contribution in [3.05, 3.63) is 66.0 Å². The predicted octanol–water partition coefficient (Wildman–Crippen LogP) is 2.57. The Balaban J connectivity index is 1.59. The second kappa shape index (κ2) is 7.69. The molecule has 1 amide bonds. The minimum Gasteiger partial charge on any atom is -0.334 e. The van der Waals surface area contributed by atoms with Crippen molar-refractivity contribution in [3.63, 3.8) is 0 Å². The van der Waals surface area contributed by atoms with Crippen LogP contribution in [0.3, 0.4) is 0 Å². The van der Waals surface area contributed by atoms with E-state index in [1.54, 1.807) is 12.1 Å². The van der Waals surface area contributed by atoms with Crippen molar-refractivity contribution in [2.45, 2.75) is 6.04 Å². The standard InChI is InChI=1S/C20H21N5O2/c1-25-12-11-21-13-17(25)18-23-20(27-24-18)15-9-5-6-10-16(15)22-19(26)14-7-3-2-4-8-14/h2-10,17,21H,11-13H2,1H3,(H,22,26). The normalized spacial score (nSPS) is 17.6. The van der Waals surface area contributed by atoms with Gasteiger partial charge in [0.2, 0.25) is 0 Å². The van der Waals surface area contributed by atoms with Crippen LogP contribution in [-0.4, -0.2) is 47.6 Å². The van der Waals surface area contributed by atoms with E-state index in [2.05, 4.69) is 32.7 Å². The van der Waals surface area contributed by atoms with Crippen LogP contribution in [0.2, 0.25) is 0 Å². The van der Waals surface area contributed by atoms with E-state index in [-0.39, 0.29) is 11.9 Å². The smallest absolute Gasteiger partial charge is 0.260 e. The predicted molar refractivity (Wildman–Crippen MR) is 102 cm³/mol. The van der Waals surface area contributed by atoms with Gasteiger partial charge in [0.25, 0.3) is 11.8 Å². The maximum absolute atomic E-state index is 12.5. The van der Waals surface area contributed by atoms with Crippen LogP contribution in [0.25, 0.3) is 11.5 Å². The van der Waals surface area contributed by atoms with E-state index >= 15 is 0 Å². The molecule has 2 heterocycles. The van der Waals surface area contributed by atoms with E-state index < -0.39 is 0 Å². The maximum Gasteiger partial charge on any atom is 0.260 e. The van der Waals surface area contributed by atoms with Crippen LogP contribution in [0.15, 0.2) is 59.1 Å². The van der Waals surface area contributed by atoms with Crippen molar-refractivity contribution >= 4 is 11.6 Å².